The molecule has 1 saturated carbocycles. The van der Waals surface area contributed by atoms with Crippen molar-refractivity contribution in [3.05, 3.63) is 35.4 Å². The summed E-state index contributed by atoms with van der Waals surface area (Å²) in [7, 11) is 0. The second-order valence-corrected chi connectivity index (χ2v) is 4.88. The second-order valence-electron chi connectivity index (χ2n) is 4.32. The Hall–Kier alpha value is -0.490. The lowest BCUT2D eigenvalue weighted by molar-refractivity contribution is 0.450. The number of hydrogen-bond donors (Lipinski definition) is 0. The van der Waals surface area contributed by atoms with E-state index in [9.17, 15) is 0 Å². The van der Waals surface area contributed by atoms with Crippen LogP contribution in [0.15, 0.2) is 24.3 Å². The van der Waals surface area contributed by atoms with Crippen LogP contribution in [-0.4, -0.2) is 5.38 Å². The molecule has 0 spiro atoms. The van der Waals surface area contributed by atoms with Gasteiger partial charge in [0, 0.05) is 11.3 Å². The first-order valence-corrected chi connectivity index (χ1v) is 5.91. The maximum Gasteiger partial charge on any atom is 0.0404 e. The van der Waals surface area contributed by atoms with Crippen LogP contribution in [0.3, 0.4) is 0 Å². The van der Waals surface area contributed by atoms with Crippen LogP contribution in [0.4, 0.5) is 0 Å². The average molecular weight is 209 g/mol. The van der Waals surface area contributed by atoms with Crippen molar-refractivity contribution in [2.24, 2.45) is 0 Å². The highest BCUT2D eigenvalue weighted by Gasteiger charge is 2.24. The Labute approximate surface area is 91.3 Å². The molecular formula is C13H17Cl. The van der Waals surface area contributed by atoms with Crippen molar-refractivity contribution in [3.8, 4) is 0 Å². The van der Waals surface area contributed by atoms with Crippen LogP contribution in [0.5, 0.6) is 0 Å². The van der Waals surface area contributed by atoms with Gasteiger partial charge in [-0.2, -0.15) is 0 Å². The molecule has 1 heteroatoms. The largest absolute Gasteiger partial charge is 0.122 e. The minimum absolute atomic E-state index is 0.353. The fourth-order valence-corrected chi connectivity index (χ4v) is 2.70. The lowest BCUT2D eigenvalue weighted by Gasteiger charge is -2.27. The Bertz CT molecular complexity index is 289. The molecule has 0 radical (unpaired) electrons. The molecule has 1 aliphatic rings. The molecule has 2 rings (SSSR count). The summed E-state index contributed by atoms with van der Waals surface area (Å²) in [6.45, 7) is 2.13. The SMILES string of the molecule is Cc1ccc(C2CCCCC2Cl)cc1. The summed E-state index contributed by atoms with van der Waals surface area (Å²) >= 11 is 6.36. The van der Waals surface area contributed by atoms with Crippen molar-refractivity contribution in [1.82, 2.24) is 0 Å². The zero-order chi connectivity index (χ0) is 9.97. The molecule has 1 aromatic rings. The summed E-state index contributed by atoms with van der Waals surface area (Å²) in [5, 5.41) is 0.353. The van der Waals surface area contributed by atoms with Crippen LogP contribution >= 0.6 is 11.6 Å². The second kappa shape index (κ2) is 4.35. The lowest BCUT2D eigenvalue weighted by atomic mass is 9.83. The molecule has 1 aromatic carbocycles. The van der Waals surface area contributed by atoms with Crippen molar-refractivity contribution in [2.75, 3.05) is 0 Å². The van der Waals surface area contributed by atoms with Crippen LogP contribution in [0, 0.1) is 6.92 Å². The van der Waals surface area contributed by atoms with Gasteiger partial charge in [-0.15, -0.1) is 11.6 Å². The van der Waals surface area contributed by atoms with E-state index >= 15 is 0 Å². The third kappa shape index (κ3) is 2.12. The van der Waals surface area contributed by atoms with Crippen molar-refractivity contribution in [1.29, 1.82) is 0 Å². The van der Waals surface area contributed by atoms with Crippen molar-refractivity contribution < 1.29 is 0 Å². The Balaban J connectivity index is 2.16. The average Bonchev–Trinajstić information content (AvgIpc) is 2.20. The Morgan fingerprint density at radius 2 is 1.71 bits per heavy atom. The van der Waals surface area contributed by atoms with E-state index in [-0.39, 0.29) is 0 Å². The highest BCUT2D eigenvalue weighted by Crippen LogP contribution is 2.36. The quantitative estimate of drug-likeness (QED) is 0.605. The molecule has 14 heavy (non-hydrogen) atoms. The van der Waals surface area contributed by atoms with Crippen molar-refractivity contribution in [2.45, 2.75) is 43.9 Å². The summed E-state index contributed by atoms with van der Waals surface area (Å²) < 4.78 is 0. The van der Waals surface area contributed by atoms with Crippen molar-refractivity contribution in [3.63, 3.8) is 0 Å². The molecule has 0 amide bonds. The Morgan fingerprint density at radius 1 is 1.07 bits per heavy atom. The predicted octanol–water partition coefficient (Wildman–Crippen LogP) is 4.26. The van der Waals surface area contributed by atoms with E-state index < -0.39 is 0 Å². The van der Waals surface area contributed by atoms with Crippen LogP contribution < -0.4 is 0 Å². The summed E-state index contributed by atoms with van der Waals surface area (Å²) in [6, 6.07) is 8.85. The standard InChI is InChI=1S/C13H17Cl/c1-10-6-8-11(9-7-10)12-4-2-3-5-13(12)14/h6-9,12-13H,2-5H2,1H3. The summed E-state index contributed by atoms with van der Waals surface area (Å²) in [4.78, 5) is 0. The zero-order valence-electron chi connectivity index (χ0n) is 8.67. The van der Waals surface area contributed by atoms with Gasteiger partial charge in [0.1, 0.15) is 0 Å². The normalized spacial score (nSPS) is 27.6. The van der Waals surface area contributed by atoms with Gasteiger partial charge in [0.2, 0.25) is 0 Å². The molecule has 1 fully saturated rings. The van der Waals surface area contributed by atoms with E-state index in [0.29, 0.717) is 11.3 Å². The fourth-order valence-electron chi connectivity index (χ4n) is 2.27. The van der Waals surface area contributed by atoms with Gasteiger partial charge in [-0.1, -0.05) is 42.7 Å². The topological polar surface area (TPSA) is 0 Å². The molecule has 0 saturated heterocycles. The van der Waals surface area contributed by atoms with Gasteiger partial charge in [-0.05, 0) is 25.3 Å². The third-order valence-corrected chi connectivity index (χ3v) is 3.71. The van der Waals surface area contributed by atoms with Gasteiger partial charge in [0.05, 0.1) is 0 Å². The molecule has 2 unspecified atom stereocenters. The molecule has 0 aliphatic heterocycles. The number of alkyl halides is 1. The van der Waals surface area contributed by atoms with Gasteiger partial charge >= 0.3 is 0 Å². The number of hydrogen-bond acceptors (Lipinski definition) is 0. The van der Waals surface area contributed by atoms with Gasteiger partial charge in [-0.25, -0.2) is 0 Å². The van der Waals surface area contributed by atoms with Crippen LogP contribution in [-0.2, 0) is 0 Å². The summed E-state index contributed by atoms with van der Waals surface area (Å²) in [5.74, 6) is 0.589. The van der Waals surface area contributed by atoms with Crippen LogP contribution in [0.25, 0.3) is 0 Å². The summed E-state index contributed by atoms with van der Waals surface area (Å²) in [6.07, 6.45) is 5.08. The maximum absolute atomic E-state index is 6.36. The van der Waals surface area contributed by atoms with Gasteiger partial charge in [0.15, 0.2) is 0 Å². The van der Waals surface area contributed by atoms with E-state index in [0.717, 1.165) is 0 Å². The number of rotatable bonds is 1. The Morgan fingerprint density at radius 3 is 2.36 bits per heavy atom. The lowest BCUT2D eigenvalue weighted by Crippen LogP contribution is -2.17. The Kier molecular flexibility index (Phi) is 3.12. The van der Waals surface area contributed by atoms with Gasteiger partial charge in [-0.3, -0.25) is 0 Å². The van der Waals surface area contributed by atoms with Crippen molar-refractivity contribution >= 4 is 11.6 Å². The van der Waals surface area contributed by atoms with Gasteiger partial charge < -0.3 is 0 Å². The zero-order valence-corrected chi connectivity index (χ0v) is 9.43. The molecular weight excluding hydrogens is 192 g/mol. The van der Waals surface area contributed by atoms with Crippen LogP contribution in [0.2, 0.25) is 0 Å². The summed E-state index contributed by atoms with van der Waals surface area (Å²) in [5.41, 5.74) is 2.76. The predicted molar refractivity (Wildman–Crippen MR) is 62.0 cm³/mol. The van der Waals surface area contributed by atoms with E-state index in [1.807, 2.05) is 0 Å². The highest BCUT2D eigenvalue weighted by molar-refractivity contribution is 6.21. The molecule has 0 heterocycles. The van der Waals surface area contributed by atoms with E-state index in [1.54, 1.807) is 0 Å². The molecule has 0 bridgehead atoms. The first-order valence-electron chi connectivity index (χ1n) is 5.48. The maximum atomic E-state index is 6.36. The van der Waals surface area contributed by atoms with Crippen LogP contribution in [0.1, 0.15) is 42.7 Å². The first-order chi connectivity index (χ1) is 6.77. The third-order valence-electron chi connectivity index (χ3n) is 3.19. The number of benzene rings is 1. The highest BCUT2D eigenvalue weighted by atomic mass is 35.5. The molecule has 0 aromatic heterocycles. The molecule has 2 atom stereocenters. The fraction of sp³-hybridized carbons (Fsp3) is 0.538. The molecule has 0 nitrogen and oxygen atoms in total. The van der Waals surface area contributed by atoms with E-state index in [4.69, 9.17) is 11.6 Å². The molecule has 0 N–H and O–H groups in total. The minimum Gasteiger partial charge on any atom is -0.122 e. The molecule has 1 aliphatic carbocycles. The van der Waals surface area contributed by atoms with E-state index in [2.05, 4.69) is 31.2 Å². The minimum atomic E-state index is 0.353. The first kappa shape index (κ1) is 10.0. The smallest absolute Gasteiger partial charge is 0.0404 e. The number of halogens is 1. The number of aryl methyl sites for hydroxylation is 1. The van der Waals surface area contributed by atoms with E-state index in [1.165, 1.54) is 36.8 Å². The molecule has 76 valence electrons. The monoisotopic (exact) mass is 208 g/mol. The van der Waals surface area contributed by atoms with Gasteiger partial charge in [0.25, 0.3) is 0 Å².